The highest BCUT2D eigenvalue weighted by molar-refractivity contribution is 5.82. The van der Waals surface area contributed by atoms with Crippen molar-refractivity contribution >= 4 is 11.6 Å². The van der Waals surface area contributed by atoms with Gasteiger partial charge in [0.25, 0.3) is 0 Å². The van der Waals surface area contributed by atoms with Crippen molar-refractivity contribution in [3.05, 3.63) is 41.5 Å². The summed E-state index contributed by atoms with van der Waals surface area (Å²) in [5, 5.41) is 0. The Morgan fingerprint density at radius 3 is 2.28 bits per heavy atom. The third kappa shape index (κ3) is 7.95. The van der Waals surface area contributed by atoms with Gasteiger partial charge in [0.15, 0.2) is 0 Å². The van der Waals surface area contributed by atoms with Gasteiger partial charge in [0.05, 0.1) is 6.04 Å². The Labute approximate surface area is 197 Å². The van der Waals surface area contributed by atoms with Crippen LogP contribution < -0.4 is 10.6 Å². The van der Waals surface area contributed by atoms with Gasteiger partial charge in [0.1, 0.15) is 0 Å². The number of benzene rings is 1. The van der Waals surface area contributed by atoms with E-state index in [2.05, 4.69) is 83.7 Å². The minimum absolute atomic E-state index is 0.122. The monoisotopic (exact) mass is 441 g/mol. The molecule has 0 aromatic heterocycles. The maximum Gasteiger partial charge on any atom is 0.239 e. The van der Waals surface area contributed by atoms with Gasteiger partial charge in [0, 0.05) is 31.4 Å². The molecule has 1 heterocycles. The number of carbonyl (C=O) groups excluding carboxylic acids is 1. The van der Waals surface area contributed by atoms with Gasteiger partial charge in [-0.15, -0.1) is 0 Å². The number of nitrogens with zero attached hydrogens (tertiary/aromatic N) is 2. The van der Waals surface area contributed by atoms with E-state index in [4.69, 9.17) is 5.73 Å². The lowest BCUT2D eigenvalue weighted by Gasteiger charge is -2.40. The number of likely N-dealkylation sites (tertiary alicyclic amines) is 1. The lowest BCUT2D eigenvalue weighted by atomic mass is 9.88. The van der Waals surface area contributed by atoms with Crippen LogP contribution in [-0.4, -0.2) is 42.5 Å². The second kappa shape index (κ2) is 11.9. The van der Waals surface area contributed by atoms with Crippen molar-refractivity contribution in [2.24, 2.45) is 17.1 Å². The average molecular weight is 442 g/mol. The van der Waals surface area contributed by atoms with Gasteiger partial charge < -0.3 is 15.5 Å². The first-order valence-corrected chi connectivity index (χ1v) is 12.5. The molecule has 0 radical (unpaired) electrons. The minimum atomic E-state index is -0.376. The minimum Gasteiger partial charge on any atom is -0.365 e. The van der Waals surface area contributed by atoms with Crippen LogP contribution in [0.3, 0.4) is 0 Å². The van der Waals surface area contributed by atoms with E-state index in [0.717, 1.165) is 45.3 Å². The van der Waals surface area contributed by atoms with E-state index < -0.39 is 0 Å². The molecular weight excluding hydrogens is 394 g/mol. The van der Waals surface area contributed by atoms with Crippen LogP contribution in [0.5, 0.6) is 0 Å². The first kappa shape index (κ1) is 26.4. The van der Waals surface area contributed by atoms with Crippen molar-refractivity contribution < 1.29 is 4.79 Å². The van der Waals surface area contributed by atoms with E-state index in [1.54, 1.807) is 0 Å². The topological polar surface area (TPSA) is 49.6 Å². The molecule has 4 heteroatoms. The molecule has 4 nitrogen and oxygen atoms in total. The predicted octanol–water partition coefficient (Wildman–Crippen LogP) is 5.80. The smallest absolute Gasteiger partial charge is 0.239 e. The second-order valence-electron chi connectivity index (χ2n) is 11.1. The normalized spacial score (nSPS) is 17.1. The van der Waals surface area contributed by atoms with Crippen LogP contribution in [0.1, 0.15) is 79.7 Å². The molecule has 1 aliphatic heterocycles. The highest BCUT2D eigenvalue weighted by atomic mass is 16.2. The summed E-state index contributed by atoms with van der Waals surface area (Å²) in [6.07, 6.45) is 7.53. The molecule has 0 saturated carbocycles. The average Bonchev–Trinajstić information content (AvgIpc) is 2.76. The number of allylic oxidation sites excluding steroid dienone is 1. The molecule has 1 saturated heterocycles. The summed E-state index contributed by atoms with van der Waals surface area (Å²) in [7, 11) is 0. The molecule has 0 spiro atoms. The van der Waals surface area contributed by atoms with Crippen molar-refractivity contribution in [3.8, 4) is 0 Å². The van der Waals surface area contributed by atoms with Crippen molar-refractivity contribution in [3.63, 3.8) is 0 Å². The van der Waals surface area contributed by atoms with Crippen molar-refractivity contribution in [2.75, 3.05) is 24.5 Å². The summed E-state index contributed by atoms with van der Waals surface area (Å²) in [5.41, 5.74) is 10.6. The molecule has 180 valence electrons. The molecule has 1 aromatic carbocycles. The zero-order chi connectivity index (χ0) is 23.9. The molecular formula is C28H47N3O. The Balaban J connectivity index is 2.07. The fourth-order valence-electron chi connectivity index (χ4n) is 4.23. The largest absolute Gasteiger partial charge is 0.365 e. The van der Waals surface area contributed by atoms with E-state index in [0.29, 0.717) is 11.5 Å². The maximum atomic E-state index is 12.8. The van der Waals surface area contributed by atoms with Crippen LogP contribution in [0.15, 0.2) is 35.9 Å². The number of hydrogen-bond acceptors (Lipinski definition) is 3. The van der Waals surface area contributed by atoms with Crippen LogP contribution in [0.25, 0.3) is 0 Å². The molecule has 2 rings (SSSR count). The van der Waals surface area contributed by atoms with Crippen molar-refractivity contribution in [1.29, 1.82) is 0 Å². The third-order valence-electron chi connectivity index (χ3n) is 6.89. The molecule has 0 bridgehead atoms. The summed E-state index contributed by atoms with van der Waals surface area (Å²) in [4.78, 5) is 17.3. The van der Waals surface area contributed by atoms with E-state index in [1.807, 2.05) is 4.90 Å². The third-order valence-corrected chi connectivity index (χ3v) is 6.89. The lowest BCUT2D eigenvalue weighted by molar-refractivity contribution is -0.134. The van der Waals surface area contributed by atoms with Gasteiger partial charge in [-0.25, -0.2) is 0 Å². The van der Waals surface area contributed by atoms with Crippen molar-refractivity contribution in [1.82, 2.24) is 4.90 Å². The Kier molecular flexibility index (Phi) is 9.82. The van der Waals surface area contributed by atoms with Crippen LogP contribution in [0.4, 0.5) is 5.69 Å². The van der Waals surface area contributed by atoms with Crippen LogP contribution >= 0.6 is 0 Å². The summed E-state index contributed by atoms with van der Waals surface area (Å²) < 4.78 is 0. The molecule has 2 atom stereocenters. The summed E-state index contributed by atoms with van der Waals surface area (Å²) in [6.45, 7) is 17.9. The number of amides is 1. The maximum absolute atomic E-state index is 12.8. The number of anilines is 1. The summed E-state index contributed by atoms with van der Waals surface area (Å²) in [6, 6.07) is 9.22. The first-order valence-electron chi connectivity index (χ1n) is 12.5. The number of piperidine rings is 1. The fraction of sp³-hybridized carbons (Fsp3) is 0.679. The second-order valence-corrected chi connectivity index (χ2v) is 11.1. The molecule has 32 heavy (non-hydrogen) atoms. The summed E-state index contributed by atoms with van der Waals surface area (Å²) in [5.74, 6) is 0.350. The molecule has 0 aliphatic carbocycles. The highest BCUT2D eigenvalue weighted by Crippen LogP contribution is 2.27. The Morgan fingerprint density at radius 1 is 1.19 bits per heavy atom. The Morgan fingerprint density at radius 2 is 1.78 bits per heavy atom. The standard InChI is InChI=1S/C28H47N3O/c1-8-22(4)26(29)27(32)30-18-15-25(16-19-30)31(20-14-21(2)3)24-11-9-23(10-12-24)13-17-28(5,6)7/h9-12,14,22,25-26H,8,13,15-20,29H2,1-7H3/t22?,26-/m0/s1. The molecule has 1 aromatic rings. The first-order chi connectivity index (χ1) is 15.0. The van der Waals surface area contributed by atoms with Gasteiger partial charge in [-0.3, -0.25) is 4.79 Å². The number of hydrogen-bond donors (Lipinski definition) is 1. The lowest BCUT2D eigenvalue weighted by Crippen LogP contribution is -2.52. The Hall–Kier alpha value is -1.81. The molecule has 1 aliphatic rings. The Bertz CT molecular complexity index is 735. The van der Waals surface area contributed by atoms with Crippen molar-refractivity contribution in [2.45, 2.75) is 92.7 Å². The van der Waals surface area contributed by atoms with Crippen LogP contribution in [-0.2, 0) is 11.2 Å². The van der Waals surface area contributed by atoms with E-state index in [1.165, 1.54) is 23.2 Å². The van der Waals surface area contributed by atoms with Crippen LogP contribution in [0.2, 0.25) is 0 Å². The molecule has 2 N–H and O–H groups in total. The highest BCUT2D eigenvalue weighted by Gasteiger charge is 2.30. The quantitative estimate of drug-likeness (QED) is 0.493. The van der Waals surface area contributed by atoms with Gasteiger partial charge in [-0.1, -0.05) is 64.8 Å². The SMILES string of the molecule is CCC(C)[C@H](N)C(=O)N1CCC(N(CC=C(C)C)c2ccc(CCC(C)(C)C)cc2)CC1. The number of carbonyl (C=O) groups is 1. The van der Waals surface area contributed by atoms with Gasteiger partial charge in [-0.05, 0) is 68.6 Å². The van der Waals surface area contributed by atoms with Crippen LogP contribution in [0, 0.1) is 11.3 Å². The fourth-order valence-corrected chi connectivity index (χ4v) is 4.23. The van der Waals surface area contributed by atoms with E-state index in [-0.39, 0.29) is 17.9 Å². The van der Waals surface area contributed by atoms with Gasteiger partial charge in [0.2, 0.25) is 5.91 Å². The molecule has 1 fully saturated rings. The van der Waals surface area contributed by atoms with Gasteiger partial charge >= 0.3 is 0 Å². The number of aryl methyl sites for hydroxylation is 1. The number of rotatable bonds is 9. The predicted molar refractivity (Wildman–Crippen MR) is 138 cm³/mol. The zero-order valence-electron chi connectivity index (χ0n) is 21.7. The van der Waals surface area contributed by atoms with E-state index >= 15 is 0 Å². The van der Waals surface area contributed by atoms with Gasteiger partial charge in [-0.2, -0.15) is 0 Å². The number of nitrogens with two attached hydrogens (primary N) is 1. The zero-order valence-corrected chi connectivity index (χ0v) is 21.7. The molecule has 1 amide bonds. The van der Waals surface area contributed by atoms with E-state index in [9.17, 15) is 4.79 Å². The summed E-state index contributed by atoms with van der Waals surface area (Å²) >= 11 is 0. The molecule has 1 unspecified atom stereocenters.